The third-order valence-electron chi connectivity index (χ3n) is 5.63. The summed E-state index contributed by atoms with van der Waals surface area (Å²) in [5.74, 6) is -2.05. The fourth-order valence-electron chi connectivity index (χ4n) is 3.98. The lowest BCUT2D eigenvalue weighted by atomic mass is 9.94. The van der Waals surface area contributed by atoms with Crippen LogP contribution in [0.15, 0.2) is 78.6 Å². The molecule has 1 aliphatic heterocycles. The maximum Gasteiger partial charge on any atom is 0.337 e. The number of benzene rings is 2. The number of likely N-dealkylation sites (tertiary alicyclic amines) is 1. The zero-order valence-electron chi connectivity index (χ0n) is 18.6. The molecule has 1 atom stereocenters. The average Bonchev–Trinajstić information content (AvgIpc) is 3.13. The van der Waals surface area contributed by atoms with Crippen LogP contribution in [0.4, 0.5) is 0 Å². The molecule has 1 aromatic heterocycles. The number of para-hydroxylation sites is 1. The molecule has 1 saturated heterocycles. The number of carbonyl (C=O) groups is 3. The highest BCUT2D eigenvalue weighted by atomic mass is 16.5. The van der Waals surface area contributed by atoms with E-state index in [-0.39, 0.29) is 17.9 Å². The first-order valence-electron chi connectivity index (χ1n) is 10.4. The Morgan fingerprint density at radius 3 is 2.41 bits per heavy atom. The van der Waals surface area contributed by atoms with E-state index in [1.54, 1.807) is 73.1 Å². The third-order valence-corrected chi connectivity index (χ3v) is 5.63. The van der Waals surface area contributed by atoms with Crippen molar-refractivity contribution in [2.75, 3.05) is 14.2 Å². The summed E-state index contributed by atoms with van der Waals surface area (Å²) in [6.45, 7) is 0.102. The Bertz CT molecular complexity index is 1270. The topological polar surface area (TPSA) is 106 Å². The van der Waals surface area contributed by atoms with Gasteiger partial charge < -0.3 is 19.5 Å². The van der Waals surface area contributed by atoms with Gasteiger partial charge in [-0.2, -0.15) is 0 Å². The molecule has 172 valence electrons. The number of pyridine rings is 1. The SMILES string of the molecule is COC(=O)c1ccc(C2/C(=C(\O)c3ccccc3OC)C(=O)C(=O)N2Cc2cccnc2)cc1. The third kappa shape index (κ3) is 4.13. The number of esters is 1. The number of ketones is 1. The molecule has 1 N–H and O–H groups in total. The van der Waals surface area contributed by atoms with Crippen LogP contribution in [0.25, 0.3) is 5.76 Å². The van der Waals surface area contributed by atoms with E-state index in [1.807, 2.05) is 0 Å². The van der Waals surface area contributed by atoms with E-state index in [0.717, 1.165) is 5.56 Å². The van der Waals surface area contributed by atoms with Gasteiger partial charge in [0.25, 0.3) is 11.7 Å². The maximum absolute atomic E-state index is 13.2. The van der Waals surface area contributed by atoms with Crippen molar-refractivity contribution in [2.45, 2.75) is 12.6 Å². The van der Waals surface area contributed by atoms with E-state index >= 15 is 0 Å². The molecule has 34 heavy (non-hydrogen) atoms. The minimum atomic E-state index is -0.892. The number of amides is 1. The number of rotatable bonds is 6. The van der Waals surface area contributed by atoms with Gasteiger partial charge in [-0.25, -0.2) is 4.79 Å². The van der Waals surface area contributed by atoms with Crippen LogP contribution in [0.5, 0.6) is 5.75 Å². The van der Waals surface area contributed by atoms with Gasteiger partial charge in [0.15, 0.2) is 0 Å². The van der Waals surface area contributed by atoms with Gasteiger partial charge in [-0.3, -0.25) is 14.6 Å². The van der Waals surface area contributed by atoms with Crippen molar-refractivity contribution >= 4 is 23.4 Å². The molecule has 8 heteroatoms. The number of nitrogens with zero attached hydrogens (tertiary/aromatic N) is 2. The summed E-state index contributed by atoms with van der Waals surface area (Å²) in [7, 11) is 2.74. The van der Waals surface area contributed by atoms with Crippen molar-refractivity contribution in [3.63, 3.8) is 0 Å². The smallest absolute Gasteiger partial charge is 0.337 e. The first-order chi connectivity index (χ1) is 16.5. The molecular weight excluding hydrogens is 436 g/mol. The van der Waals surface area contributed by atoms with Crippen molar-refractivity contribution < 1.29 is 29.0 Å². The summed E-state index contributed by atoms with van der Waals surface area (Å²) in [5.41, 5.74) is 1.81. The predicted octanol–water partition coefficient (Wildman–Crippen LogP) is 3.50. The second-order valence-electron chi connectivity index (χ2n) is 7.60. The van der Waals surface area contributed by atoms with Crippen molar-refractivity contribution in [2.24, 2.45) is 0 Å². The molecular formula is C26H22N2O6. The van der Waals surface area contributed by atoms with Gasteiger partial charge in [0, 0.05) is 18.9 Å². The lowest BCUT2D eigenvalue weighted by Crippen LogP contribution is -2.29. The number of hydrogen-bond donors (Lipinski definition) is 1. The van der Waals surface area contributed by atoms with Crippen molar-refractivity contribution in [3.05, 3.63) is 101 Å². The number of aromatic nitrogens is 1. The molecule has 1 fully saturated rings. The number of ether oxygens (including phenoxy) is 2. The molecule has 0 aliphatic carbocycles. The number of carbonyl (C=O) groups excluding carboxylic acids is 3. The Kier molecular flexibility index (Phi) is 6.40. The summed E-state index contributed by atoms with van der Waals surface area (Å²) in [5, 5.41) is 11.2. The van der Waals surface area contributed by atoms with Gasteiger partial charge in [0.2, 0.25) is 0 Å². The van der Waals surface area contributed by atoms with Crippen LogP contribution >= 0.6 is 0 Å². The van der Waals surface area contributed by atoms with Crippen LogP contribution in [0.3, 0.4) is 0 Å². The second kappa shape index (κ2) is 9.58. The molecule has 8 nitrogen and oxygen atoms in total. The summed E-state index contributed by atoms with van der Waals surface area (Å²) < 4.78 is 10.1. The molecule has 1 amide bonds. The van der Waals surface area contributed by atoms with Crippen LogP contribution in [-0.2, 0) is 20.9 Å². The van der Waals surface area contributed by atoms with Gasteiger partial charge in [0.05, 0.1) is 37.0 Å². The summed E-state index contributed by atoms with van der Waals surface area (Å²) in [6.07, 6.45) is 3.22. The largest absolute Gasteiger partial charge is 0.507 e. The van der Waals surface area contributed by atoms with Crippen LogP contribution in [-0.4, -0.2) is 46.9 Å². The Labute approximate surface area is 196 Å². The fraction of sp³-hybridized carbons (Fsp3) is 0.154. The zero-order valence-corrected chi connectivity index (χ0v) is 18.6. The quantitative estimate of drug-likeness (QED) is 0.261. The molecule has 0 bridgehead atoms. The van der Waals surface area contributed by atoms with E-state index in [2.05, 4.69) is 4.98 Å². The lowest BCUT2D eigenvalue weighted by Gasteiger charge is -2.25. The van der Waals surface area contributed by atoms with Gasteiger partial charge in [-0.1, -0.05) is 30.3 Å². The molecule has 0 saturated carbocycles. The number of aliphatic hydroxyl groups excluding tert-OH is 1. The molecule has 1 aliphatic rings. The normalized spacial score (nSPS) is 17.0. The molecule has 3 aromatic rings. The van der Waals surface area contributed by atoms with Crippen molar-refractivity contribution in [1.29, 1.82) is 0 Å². The van der Waals surface area contributed by atoms with Crippen LogP contribution in [0.1, 0.15) is 33.1 Å². The number of aliphatic hydroxyl groups is 1. The van der Waals surface area contributed by atoms with Crippen LogP contribution in [0.2, 0.25) is 0 Å². The van der Waals surface area contributed by atoms with E-state index in [1.165, 1.54) is 19.1 Å². The highest BCUT2D eigenvalue weighted by Gasteiger charge is 2.46. The fourth-order valence-corrected chi connectivity index (χ4v) is 3.98. The highest BCUT2D eigenvalue weighted by molar-refractivity contribution is 6.46. The molecule has 1 unspecified atom stereocenters. The van der Waals surface area contributed by atoms with Gasteiger partial charge in [0.1, 0.15) is 11.5 Å². The van der Waals surface area contributed by atoms with E-state index in [9.17, 15) is 19.5 Å². The standard InChI is InChI=1S/C26H22N2O6/c1-33-20-8-4-3-7-19(20)23(29)21-22(17-9-11-18(12-10-17)26(32)34-2)28(25(31)24(21)30)15-16-6-5-13-27-14-16/h3-14,22,29H,15H2,1-2H3/b23-21+. The minimum Gasteiger partial charge on any atom is -0.507 e. The zero-order chi connectivity index (χ0) is 24.2. The van der Waals surface area contributed by atoms with E-state index in [4.69, 9.17) is 9.47 Å². The summed E-state index contributed by atoms with van der Waals surface area (Å²) >= 11 is 0. The average molecular weight is 458 g/mol. The van der Waals surface area contributed by atoms with E-state index < -0.39 is 23.7 Å². The van der Waals surface area contributed by atoms with Gasteiger partial charge in [-0.15, -0.1) is 0 Å². The first kappa shape index (κ1) is 22.7. The Balaban J connectivity index is 1.87. The number of Topliss-reactive ketones (excluding diaryl/α,β-unsaturated/α-hetero) is 1. The summed E-state index contributed by atoms with van der Waals surface area (Å²) in [4.78, 5) is 43.6. The van der Waals surface area contributed by atoms with Gasteiger partial charge >= 0.3 is 5.97 Å². The first-order valence-corrected chi connectivity index (χ1v) is 10.4. The molecule has 0 spiro atoms. The van der Waals surface area contributed by atoms with Crippen molar-refractivity contribution in [1.82, 2.24) is 9.88 Å². The van der Waals surface area contributed by atoms with Gasteiger partial charge in [-0.05, 0) is 41.5 Å². The number of hydrogen-bond acceptors (Lipinski definition) is 7. The minimum absolute atomic E-state index is 0.0655. The van der Waals surface area contributed by atoms with Crippen molar-refractivity contribution in [3.8, 4) is 5.75 Å². The summed E-state index contributed by atoms with van der Waals surface area (Å²) in [6, 6.07) is 15.7. The molecule has 4 rings (SSSR count). The van der Waals surface area contributed by atoms with Crippen LogP contribution < -0.4 is 4.74 Å². The second-order valence-corrected chi connectivity index (χ2v) is 7.60. The van der Waals surface area contributed by atoms with E-state index in [0.29, 0.717) is 22.4 Å². The number of methoxy groups -OCH3 is 2. The highest BCUT2D eigenvalue weighted by Crippen LogP contribution is 2.41. The monoisotopic (exact) mass is 458 g/mol. The molecule has 2 aromatic carbocycles. The van der Waals surface area contributed by atoms with Crippen LogP contribution in [0, 0.1) is 0 Å². The Morgan fingerprint density at radius 1 is 1.03 bits per heavy atom. The Hall–Kier alpha value is -4.46. The Morgan fingerprint density at radius 2 is 1.76 bits per heavy atom. The predicted molar refractivity (Wildman–Crippen MR) is 123 cm³/mol. The molecule has 0 radical (unpaired) electrons. The molecule has 2 heterocycles. The lowest BCUT2D eigenvalue weighted by molar-refractivity contribution is -0.140. The maximum atomic E-state index is 13.2.